The van der Waals surface area contributed by atoms with Gasteiger partial charge in [-0.15, -0.1) is 0 Å². The van der Waals surface area contributed by atoms with E-state index in [1.807, 2.05) is 23.1 Å². The van der Waals surface area contributed by atoms with Gasteiger partial charge in [-0.1, -0.05) is 0 Å². The Bertz CT molecular complexity index is 755. The van der Waals surface area contributed by atoms with Crippen LogP contribution in [-0.4, -0.2) is 64.1 Å². The van der Waals surface area contributed by atoms with Crippen molar-refractivity contribution in [2.45, 2.75) is 25.4 Å². The van der Waals surface area contributed by atoms with E-state index in [0.717, 1.165) is 42.7 Å². The second-order valence-corrected chi connectivity index (χ2v) is 6.56. The third kappa shape index (κ3) is 3.24. The molecule has 2 aromatic heterocycles. The summed E-state index contributed by atoms with van der Waals surface area (Å²) in [5, 5.41) is 5.79. The van der Waals surface area contributed by atoms with E-state index in [4.69, 9.17) is 0 Å². The molecule has 1 atom stereocenters. The number of aromatic nitrogens is 2. The largest absolute Gasteiger partial charge is 0.356 e. The zero-order valence-electron chi connectivity index (χ0n) is 14.0. The monoisotopic (exact) mass is 342 g/mol. The molecular formula is C17H22N6O2. The lowest BCUT2D eigenvalue weighted by Crippen LogP contribution is -2.52. The molecule has 0 aliphatic carbocycles. The molecular weight excluding hydrogens is 320 g/mol. The number of rotatable bonds is 3. The summed E-state index contributed by atoms with van der Waals surface area (Å²) in [5.41, 5.74) is 2.78. The molecule has 2 saturated heterocycles. The number of hydrogen-bond donors (Lipinski definition) is 3. The summed E-state index contributed by atoms with van der Waals surface area (Å²) in [6.07, 6.45) is 3.62. The molecule has 8 nitrogen and oxygen atoms in total. The number of piperidine rings is 1. The summed E-state index contributed by atoms with van der Waals surface area (Å²) in [5.74, 6) is 0. The fourth-order valence-corrected chi connectivity index (χ4v) is 3.62. The number of nitrogens with zero attached hydrogens (tertiary/aromatic N) is 3. The molecule has 3 N–H and O–H groups in total. The molecule has 132 valence electrons. The van der Waals surface area contributed by atoms with Crippen molar-refractivity contribution in [2.24, 2.45) is 0 Å². The molecule has 4 rings (SSSR count). The van der Waals surface area contributed by atoms with E-state index in [1.54, 1.807) is 11.1 Å². The first-order chi connectivity index (χ1) is 12.2. The van der Waals surface area contributed by atoms with Crippen molar-refractivity contribution in [1.29, 1.82) is 0 Å². The molecule has 4 amide bonds. The Balaban J connectivity index is 1.34. The minimum atomic E-state index is -0.0871. The molecule has 2 aliphatic rings. The van der Waals surface area contributed by atoms with Crippen LogP contribution in [0.15, 0.2) is 24.4 Å². The van der Waals surface area contributed by atoms with Gasteiger partial charge in [-0.25, -0.2) is 9.59 Å². The second kappa shape index (κ2) is 6.62. The highest BCUT2D eigenvalue weighted by molar-refractivity contribution is 5.78. The smallest absolute Gasteiger partial charge is 0.317 e. The summed E-state index contributed by atoms with van der Waals surface area (Å²) >= 11 is 0. The Hall–Kier alpha value is -2.77. The number of likely N-dealkylation sites (tertiary alicyclic amines) is 1. The van der Waals surface area contributed by atoms with Crippen LogP contribution in [-0.2, 0) is 6.54 Å². The van der Waals surface area contributed by atoms with Gasteiger partial charge in [0.15, 0.2) is 0 Å². The first-order valence-electron chi connectivity index (χ1n) is 8.70. The lowest BCUT2D eigenvalue weighted by atomic mass is 10.0. The molecule has 0 aromatic carbocycles. The number of carbonyl (C=O) groups excluding carboxylic acids is 2. The van der Waals surface area contributed by atoms with Crippen molar-refractivity contribution in [3.8, 4) is 0 Å². The lowest BCUT2D eigenvalue weighted by Gasteiger charge is -2.36. The van der Waals surface area contributed by atoms with Crippen LogP contribution in [0.3, 0.4) is 0 Å². The number of aromatic amines is 1. The number of pyridine rings is 1. The van der Waals surface area contributed by atoms with Gasteiger partial charge in [0.2, 0.25) is 0 Å². The average molecular weight is 342 g/mol. The molecule has 4 heterocycles. The maximum absolute atomic E-state index is 12.5. The number of urea groups is 2. The topological polar surface area (TPSA) is 93.4 Å². The zero-order valence-corrected chi connectivity index (χ0v) is 14.0. The fraction of sp³-hybridized carbons (Fsp3) is 0.471. The minimum Gasteiger partial charge on any atom is -0.356 e. The summed E-state index contributed by atoms with van der Waals surface area (Å²) < 4.78 is 0. The predicted octanol–water partition coefficient (Wildman–Crippen LogP) is 1.26. The molecule has 2 aromatic rings. The van der Waals surface area contributed by atoms with Crippen molar-refractivity contribution >= 4 is 23.1 Å². The normalized spacial score (nSPS) is 20.8. The standard InChI is InChI=1S/C17H22N6O2/c24-16(20-10-12-9-15-14(21-12)4-1-5-18-15)22-7-2-3-13(11-22)23-8-6-19-17(23)25/h1,4-5,9,13,21H,2-3,6-8,10-11H2,(H,19,25)(H,20,24). The molecule has 8 heteroatoms. The summed E-state index contributed by atoms with van der Waals surface area (Å²) in [6.45, 7) is 3.16. The van der Waals surface area contributed by atoms with E-state index in [1.165, 1.54) is 0 Å². The highest BCUT2D eigenvalue weighted by Gasteiger charge is 2.32. The fourth-order valence-electron chi connectivity index (χ4n) is 3.62. The Morgan fingerprint density at radius 2 is 2.32 bits per heavy atom. The maximum Gasteiger partial charge on any atom is 0.317 e. The predicted molar refractivity (Wildman–Crippen MR) is 93.0 cm³/mol. The SMILES string of the molecule is O=C(NCc1cc2ncccc2[nH]1)N1CCCC(N2CCNC2=O)C1. The highest BCUT2D eigenvalue weighted by Crippen LogP contribution is 2.18. The van der Waals surface area contributed by atoms with Gasteiger partial charge in [-0.2, -0.15) is 0 Å². The maximum atomic E-state index is 12.5. The first kappa shape index (κ1) is 15.7. The number of fused-ring (bicyclic) bond motifs is 1. The summed E-state index contributed by atoms with van der Waals surface area (Å²) in [4.78, 5) is 35.5. The number of hydrogen-bond acceptors (Lipinski definition) is 3. The van der Waals surface area contributed by atoms with Crippen LogP contribution in [0.25, 0.3) is 11.0 Å². The van der Waals surface area contributed by atoms with Crippen LogP contribution in [0.2, 0.25) is 0 Å². The Morgan fingerprint density at radius 1 is 1.40 bits per heavy atom. The van der Waals surface area contributed by atoms with Crippen molar-refractivity contribution in [1.82, 2.24) is 30.4 Å². The van der Waals surface area contributed by atoms with Gasteiger partial charge in [-0.3, -0.25) is 4.98 Å². The van der Waals surface area contributed by atoms with Gasteiger partial charge in [0, 0.05) is 38.1 Å². The van der Waals surface area contributed by atoms with Gasteiger partial charge >= 0.3 is 12.1 Å². The number of nitrogens with one attached hydrogen (secondary N) is 3. The molecule has 0 bridgehead atoms. The van der Waals surface area contributed by atoms with E-state index in [-0.39, 0.29) is 18.1 Å². The molecule has 0 saturated carbocycles. The number of H-pyrrole nitrogens is 1. The van der Waals surface area contributed by atoms with E-state index < -0.39 is 0 Å². The van der Waals surface area contributed by atoms with Gasteiger partial charge < -0.3 is 25.4 Å². The van der Waals surface area contributed by atoms with Crippen LogP contribution < -0.4 is 10.6 Å². The lowest BCUT2D eigenvalue weighted by molar-refractivity contribution is 0.132. The van der Waals surface area contributed by atoms with Crippen LogP contribution in [0.1, 0.15) is 18.5 Å². The summed E-state index contributed by atoms with van der Waals surface area (Å²) in [7, 11) is 0. The third-order valence-electron chi connectivity index (χ3n) is 4.89. The summed E-state index contributed by atoms with van der Waals surface area (Å²) in [6, 6.07) is 5.80. The number of carbonyl (C=O) groups is 2. The average Bonchev–Trinajstić information content (AvgIpc) is 3.25. The Kier molecular flexibility index (Phi) is 4.17. The third-order valence-corrected chi connectivity index (χ3v) is 4.89. The van der Waals surface area contributed by atoms with Gasteiger partial charge in [0.05, 0.1) is 23.6 Å². The molecule has 2 aliphatic heterocycles. The van der Waals surface area contributed by atoms with E-state index in [0.29, 0.717) is 19.6 Å². The quantitative estimate of drug-likeness (QED) is 0.784. The van der Waals surface area contributed by atoms with Crippen LogP contribution in [0.5, 0.6) is 0 Å². The van der Waals surface area contributed by atoms with Crippen molar-refractivity contribution in [2.75, 3.05) is 26.2 Å². The van der Waals surface area contributed by atoms with Crippen LogP contribution >= 0.6 is 0 Å². The minimum absolute atomic E-state index is 0.0159. The molecule has 0 spiro atoms. The Labute approximate surface area is 145 Å². The molecule has 2 fully saturated rings. The van der Waals surface area contributed by atoms with Crippen molar-refractivity contribution in [3.63, 3.8) is 0 Å². The highest BCUT2D eigenvalue weighted by atomic mass is 16.2. The first-order valence-corrected chi connectivity index (χ1v) is 8.70. The number of amides is 4. The van der Waals surface area contributed by atoms with Crippen molar-refractivity contribution < 1.29 is 9.59 Å². The van der Waals surface area contributed by atoms with Crippen LogP contribution in [0, 0.1) is 0 Å². The Morgan fingerprint density at radius 3 is 3.12 bits per heavy atom. The van der Waals surface area contributed by atoms with Gasteiger partial charge in [0.1, 0.15) is 0 Å². The molecule has 0 radical (unpaired) electrons. The zero-order chi connectivity index (χ0) is 17.2. The van der Waals surface area contributed by atoms with Gasteiger partial charge in [-0.05, 0) is 31.0 Å². The van der Waals surface area contributed by atoms with Gasteiger partial charge in [0.25, 0.3) is 0 Å². The van der Waals surface area contributed by atoms with E-state index in [2.05, 4.69) is 20.6 Å². The van der Waals surface area contributed by atoms with E-state index >= 15 is 0 Å². The molecule has 1 unspecified atom stereocenters. The van der Waals surface area contributed by atoms with Crippen LogP contribution in [0.4, 0.5) is 9.59 Å². The van der Waals surface area contributed by atoms with Crippen molar-refractivity contribution in [3.05, 3.63) is 30.1 Å². The second-order valence-electron chi connectivity index (χ2n) is 6.56. The van der Waals surface area contributed by atoms with E-state index in [9.17, 15) is 9.59 Å². The molecule has 25 heavy (non-hydrogen) atoms.